The van der Waals surface area contributed by atoms with Crippen molar-refractivity contribution < 1.29 is 0 Å². The highest BCUT2D eigenvalue weighted by atomic mass is 16.5. The Morgan fingerprint density at radius 1 is 0.385 bits per heavy atom. The van der Waals surface area contributed by atoms with E-state index in [0.29, 0.717) is 33.6 Å². The molecular weight excluding hydrogens is 488 g/mol. The first-order chi connectivity index (χ1) is 19.2. The molecule has 0 saturated carbocycles. The number of nitrogens with one attached hydrogen (secondary N) is 1. The number of rotatable bonds is 9. The summed E-state index contributed by atoms with van der Waals surface area (Å²) in [6.45, 7) is 0. The SMILES string of the molecule is [O-]N(Nc1ccc(N=Nc2ccccc2)cc1)c1ccc(N=Nc2ccc(N=Nc3ccccc3)cc2)cc1. The summed E-state index contributed by atoms with van der Waals surface area (Å²) >= 11 is 0. The number of hydrogen-bond acceptors (Lipinski definition) is 9. The molecule has 0 aliphatic carbocycles. The van der Waals surface area contributed by atoms with Crippen LogP contribution in [0.4, 0.5) is 45.5 Å². The van der Waals surface area contributed by atoms with Crippen LogP contribution in [0.2, 0.25) is 0 Å². The summed E-state index contributed by atoms with van der Waals surface area (Å²) in [6, 6.07) is 40.2. The van der Waals surface area contributed by atoms with Crippen LogP contribution in [-0.4, -0.2) is 0 Å². The van der Waals surface area contributed by atoms with Gasteiger partial charge < -0.3 is 15.8 Å². The van der Waals surface area contributed by atoms with Crippen LogP contribution in [-0.2, 0) is 0 Å². The first-order valence-electron chi connectivity index (χ1n) is 12.1. The molecule has 0 aliphatic heterocycles. The Hall–Kier alpha value is -5.54. The van der Waals surface area contributed by atoms with E-state index in [2.05, 4.69) is 36.1 Å². The van der Waals surface area contributed by atoms with Gasteiger partial charge in [0.05, 0.1) is 39.8 Å². The predicted octanol–water partition coefficient (Wildman–Crippen LogP) is 10.3. The molecule has 0 aromatic heterocycles. The van der Waals surface area contributed by atoms with Crippen LogP contribution in [0, 0.1) is 5.21 Å². The van der Waals surface area contributed by atoms with Gasteiger partial charge in [-0.1, -0.05) is 36.4 Å². The van der Waals surface area contributed by atoms with Crippen molar-refractivity contribution in [3.8, 4) is 0 Å². The van der Waals surface area contributed by atoms with Crippen LogP contribution in [0.25, 0.3) is 0 Å². The zero-order valence-electron chi connectivity index (χ0n) is 20.7. The van der Waals surface area contributed by atoms with Crippen molar-refractivity contribution in [3.05, 3.63) is 139 Å². The van der Waals surface area contributed by atoms with E-state index in [0.717, 1.165) is 17.1 Å². The summed E-state index contributed by atoms with van der Waals surface area (Å²) in [5.41, 5.74) is 8.11. The minimum atomic E-state index is 0.426. The first-order valence-corrected chi connectivity index (χ1v) is 12.1. The fourth-order valence-corrected chi connectivity index (χ4v) is 3.36. The van der Waals surface area contributed by atoms with Gasteiger partial charge in [0.1, 0.15) is 0 Å². The molecule has 0 unspecified atom stereocenters. The average molecular weight is 512 g/mol. The van der Waals surface area contributed by atoms with Crippen molar-refractivity contribution in [2.75, 3.05) is 10.6 Å². The molecule has 9 nitrogen and oxygen atoms in total. The minimum Gasteiger partial charge on any atom is -0.739 e. The molecule has 5 rings (SSSR count). The molecule has 0 atom stereocenters. The van der Waals surface area contributed by atoms with Crippen molar-refractivity contribution in [2.45, 2.75) is 0 Å². The second-order valence-corrected chi connectivity index (χ2v) is 8.26. The molecule has 190 valence electrons. The second-order valence-electron chi connectivity index (χ2n) is 8.26. The quantitative estimate of drug-likeness (QED) is 0.157. The smallest absolute Gasteiger partial charge is 0.0858 e. The molecule has 0 heterocycles. The topological polar surface area (TPSA) is 112 Å². The van der Waals surface area contributed by atoms with Gasteiger partial charge in [0.25, 0.3) is 0 Å². The van der Waals surface area contributed by atoms with Gasteiger partial charge in [-0.15, -0.1) is 0 Å². The third-order valence-corrected chi connectivity index (χ3v) is 5.39. The van der Waals surface area contributed by atoms with Gasteiger partial charge in [-0.2, -0.15) is 30.7 Å². The lowest BCUT2D eigenvalue weighted by molar-refractivity contribution is 1.16. The average Bonchev–Trinajstić information content (AvgIpc) is 3.00. The van der Waals surface area contributed by atoms with Crippen molar-refractivity contribution in [1.29, 1.82) is 0 Å². The summed E-state index contributed by atoms with van der Waals surface area (Å²) in [7, 11) is 0. The van der Waals surface area contributed by atoms with Crippen LogP contribution < -0.4 is 10.6 Å². The lowest BCUT2D eigenvalue weighted by Crippen LogP contribution is -2.22. The number of nitrogens with zero attached hydrogens (tertiary/aromatic N) is 7. The first kappa shape index (κ1) is 25.1. The molecule has 1 N–H and O–H groups in total. The van der Waals surface area contributed by atoms with E-state index in [-0.39, 0.29) is 0 Å². The summed E-state index contributed by atoms with van der Waals surface area (Å²) in [4.78, 5) is 0. The van der Waals surface area contributed by atoms with E-state index in [1.54, 1.807) is 48.5 Å². The van der Waals surface area contributed by atoms with E-state index in [4.69, 9.17) is 0 Å². The maximum absolute atomic E-state index is 12.6. The van der Waals surface area contributed by atoms with E-state index in [1.165, 1.54) is 0 Å². The molecule has 0 aliphatic rings. The van der Waals surface area contributed by atoms with Gasteiger partial charge in [0.15, 0.2) is 0 Å². The predicted molar refractivity (Wildman–Crippen MR) is 154 cm³/mol. The van der Waals surface area contributed by atoms with Crippen molar-refractivity contribution in [2.24, 2.45) is 30.7 Å². The highest BCUT2D eigenvalue weighted by Crippen LogP contribution is 2.26. The lowest BCUT2D eigenvalue weighted by Gasteiger charge is -2.31. The Morgan fingerprint density at radius 3 is 1.08 bits per heavy atom. The molecule has 5 aromatic carbocycles. The summed E-state index contributed by atoms with van der Waals surface area (Å²) in [5.74, 6) is 0. The Bertz CT molecular complexity index is 1550. The molecule has 0 amide bonds. The van der Waals surface area contributed by atoms with Crippen LogP contribution in [0.1, 0.15) is 0 Å². The summed E-state index contributed by atoms with van der Waals surface area (Å²) in [5, 5.41) is 38.6. The van der Waals surface area contributed by atoms with Crippen molar-refractivity contribution >= 4 is 45.5 Å². The molecule has 39 heavy (non-hydrogen) atoms. The maximum atomic E-state index is 12.6. The van der Waals surface area contributed by atoms with Gasteiger partial charge in [-0.05, 0) is 97.1 Å². The molecule has 0 spiro atoms. The van der Waals surface area contributed by atoms with Gasteiger partial charge in [0, 0.05) is 5.69 Å². The third kappa shape index (κ3) is 7.48. The fourth-order valence-electron chi connectivity index (χ4n) is 3.36. The van der Waals surface area contributed by atoms with Gasteiger partial charge >= 0.3 is 0 Å². The number of azo groups is 3. The second kappa shape index (κ2) is 12.6. The monoisotopic (exact) mass is 511 g/mol. The standard InChI is InChI=1S/C30H23N8O/c39-38(37-29-17-15-27(16-18-29)34-32-24-9-5-2-6-10-24)30-21-19-28(20-22-30)36-35-26-13-11-25(12-14-26)33-31-23-7-3-1-4-8-23/h1-22,37H/q-1. The van der Waals surface area contributed by atoms with Crippen molar-refractivity contribution in [3.63, 3.8) is 0 Å². The number of hydrazine groups is 1. The van der Waals surface area contributed by atoms with Crippen LogP contribution in [0.15, 0.2) is 164 Å². The van der Waals surface area contributed by atoms with Crippen LogP contribution in [0.3, 0.4) is 0 Å². The van der Waals surface area contributed by atoms with Gasteiger partial charge in [-0.25, -0.2) is 0 Å². The Balaban J connectivity index is 1.14. The zero-order valence-corrected chi connectivity index (χ0v) is 20.7. The fraction of sp³-hybridized carbons (Fsp3) is 0. The highest BCUT2D eigenvalue weighted by molar-refractivity contribution is 5.60. The molecule has 9 heteroatoms. The molecule has 0 saturated heterocycles. The number of anilines is 2. The third-order valence-electron chi connectivity index (χ3n) is 5.39. The van der Waals surface area contributed by atoms with E-state index in [9.17, 15) is 5.21 Å². The summed E-state index contributed by atoms with van der Waals surface area (Å²) in [6.07, 6.45) is 0. The minimum absolute atomic E-state index is 0.426. The normalized spacial score (nSPS) is 11.4. The highest BCUT2D eigenvalue weighted by Gasteiger charge is 1.99. The molecule has 5 aromatic rings. The maximum Gasteiger partial charge on any atom is 0.0858 e. The molecular formula is C30H23N8O-. The van der Waals surface area contributed by atoms with E-state index in [1.807, 2.05) is 84.9 Å². The largest absolute Gasteiger partial charge is 0.739 e. The Morgan fingerprint density at radius 2 is 0.692 bits per heavy atom. The van der Waals surface area contributed by atoms with E-state index >= 15 is 0 Å². The van der Waals surface area contributed by atoms with E-state index < -0.39 is 0 Å². The molecule has 0 bridgehead atoms. The number of hydrogen-bond donors (Lipinski definition) is 1. The zero-order chi connectivity index (χ0) is 26.7. The van der Waals surface area contributed by atoms with Crippen LogP contribution in [0.5, 0.6) is 0 Å². The van der Waals surface area contributed by atoms with Crippen LogP contribution >= 0.6 is 0 Å². The Labute approximate surface area is 225 Å². The summed E-state index contributed by atoms with van der Waals surface area (Å²) < 4.78 is 0. The Kier molecular flexibility index (Phi) is 8.13. The van der Waals surface area contributed by atoms with Gasteiger partial charge in [0.2, 0.25) is 0 Å². The van der Waals surface area contributed by atoms with Gasteiger partial charge in [-0.3, -0.25) is 0 Å². The molecule has 0 fully saturated rings. The number of benzene rings is 5. The lowest BCUT2D eigenvalue weighted by atomic mass is 10.3. The van der Waals surface area contributed by atoms with Crippen molar-refractivity contribution in [1.82, 2.24) is 0 Å². The molecule has 0 radical (unpaired) electrons.